The van der Waals surface area contributed by atoms with Crippen molar-refractivity contribution in [2.24, 2.45) is 5.73 Å². The van der Waals surface area contributed by atoms with E-state index in [-0.39, 0.29) is 39.7 Å². The molecule has 1 aliphatic heterocycles. The number of amides is 3. The predicted molar refractivity (Wildman–Crippen MR) is 89.9 cm³/mol. The molecule has 10 nitrogen and oxygen atoms in total. The number of rotatable bonds is 4. The summed E-state index contributed by atoms with van der Waals surface area (Å²) in [5.41, 5.74) is 10.3. The van der Waals surface area contributed by atoms with Crippen LogP contribution in [0.2, 0.25) is 0 Å². The number of hydrogen-bond donors (Lipinski definition) is 3. The number of nitrogens with two attached hydrogens (primary N) is 2. The molecule has 1 aromatic heterocycles. The molecular formula is C16H14N4O6. The zero-order valence-corrected chi connectivity index (χ0v) is 13.8. The number of pyridine rings is 1. The number of primary amides is 1. The van der Waals surface area contributed by atoms with E-state index in [1.165, 1.54) is 26.4 Å². The number of fused-ring (bicyclic) bond motifs is 1. The monoisotopic (exact) mass is 358 g/mol. The van der Waals surface area contributed by atoms with Crippen molar-refractivity contribution in [3.8, 4) is 17.2 Å². The summed E-state index contributed by atoms with van der Waals surface area (Å²) in [6.45, 7) is 0. The number of hydrogen-bond acceptors (Lipinski definition) is 7. The highest BCUT2D eigenvalue weighted by molar-refractivity contribution is 6.23. The van der Waals surface area contributed by atoms with E-state index in [4.69, 9.17) is 20.9 Å². The Bertz CT molecular complexity index is 1040. The number of carbonyl (C=O) groups is 3. The Kier molecular flexibility index (Phi) is 3.87. The van der Waals surface area contributed by atoms with Crippen molar-refractivity contribution in [3.63, 3.8) is 0 Å². The fraction of sp³-hybridized carbons (Fsp3) is 0.125. The molecule has 0 saturated carbocycles. The Labute approximate surface area is 146 Å². The van der Waals surface area contributed by atoms with Gasteiger partial charge in [0.15, 0.2) is 11.5 Å². The van der Waals surface area contributed by atoms with E-state index < -0.39 is 23.3 Å². The van der Waals surface area contributed by atoms with Gasteiger partial charge in [-0.3, -0.25) is 29.1 Å². The van der Waals surface area contributed by atoms with Crippen molar-refractivity contribution >= 4 is 23.5 Å². The van der Waals surface area contributed by atoms with Gasteiger partial charge in [-0.1, -0.05) is 0 Å². The summed E-state index contributed by atoms with van der Waals surface area (Å²) in [5, 5.41) is 2.06. The number of nitrogen functional groups attached to an aromatic ring is 1. The molecule has 0 radical (unpaired) electrons. The minimum atomic E-state index is -0.853. The van der Waals surface area contributed by atoms with Gasteiger partial charge >= 0.3 is 0 Å². The lowest BCUT2D eigenvalue weighted by molar-refractivity contribution is 0.0879. The third kappa shape index (κ3) is 2.35. The third-order valence-electron chi connectivity index (χ3n) is 3.96. The first kappa shape index (κ1) is 17.0. The number of nitrogens with zero attached hydrogens (tertiary/aromatic N) is 1. The van der Waals surface area contributed by atoms with E-state index in [9.17, 15) is 19.2 Å². The first-order chi connectivity index (χ1) is 12.3. The molecule has 1 aromatic carbocycles. The molecule has 0 unspecified atom stereocenters. The summed E-state index contributed by atoms with van der Waals surface area (Å²) in [6.07, 6.45) is 0. The lowest BCUT2D eigenvalue weighted by Crippen LogP contribution is -2.26. The molecular weight excluding hydrogens is 344 g/mol. The number of benzene rings is 1. The van der Waals surface area contributed by atoms with Crippen LogP contribution in [0, 0.1) is 0 Å². The number of methoxy groups -OCH3 is 2. The Morgan fingerprint density at radius 1 is 1.04 bits per heavy atom. The van der Waals surface area contributed by atoms with Crippen LogP contribution in [0.3, 0.4) is 0 Å². The van der Waals surface area contributed by atoms with E-state index in [0.29, 0.717) is 0 Å². The van der Waals surface area contributed by atoms with Crippen LogP contribution in [0.15, 0.2) is 23.0 Å². The molecule has 0 saturated heterocycles. The second kappa shape index (κ2) is 5.92. The number of carbonyl (C=O) groups excluding carboxylic acids is 3. The van der Waals surface area contributed by atoms with E-state index in [1.807, 2.05) is 0 Å². The van der Waals surface area contributed by atoms with Crippen LogP contribution in [0.5, 0.6) is 11.5 Å². The Hall–Kier alpha value is -3.82. The highest BCUT2D eigenvalue weighted by Gasteiger charge is 2.32. The standard InChI is InChI=1S/C16H14N4O6/c1-25-9-3-6(14(18)22)8(5-10(9)26-2)20-11(21)4-7-12(13(20)17)16(24)19-15(7)23/h3-5H,17H2,1-2H3,(H2,18,22)(H,19,23,24). The van der Waals surface area contributed by atoms with Gasteiger partial charge in [0.2, 0.25) is 0 Å². The molecule has 0 atom stereocenters. The van der Waals surface area contributed by atoms with E-state index >= 15 is 0 Å². The topological polar surface area (TPSA) is 156 Å². The normalized spacial score (nSPS) is 12.5. The number of ether oxygens (including phenoxy) is 2. The summed E-state index contributed by atoms with van der Waals surface area (Å²) in [4.78, 5) is 48.1. The second-order valence-electron chi connectivity index (χ2n) is 5.36. The Morgan fingerprint density at radius 2 is 1.65 bits per heavy atom. The summed E-state index contributed by atoms with van der Waals surface area (Å²) >= 11 is 0. The van der Waals surface area contributed by atoms with E-state index in [0.717, 1.165) is 10.6 Å². The van der Waals surface area contributed by atoms with Gasteiger partial charge in [-0.05, 0) is 6.07 Å². The molecule has 0 bridgehead atoms. The van der Waals surface area contributed by atoms with Crippen molar-refractivity contribution in [2.45, 2.75) is 0 Å². The van der Waals surface area contributed by atoms with Gasteiger partial charge in [0.1, 0.15) is 5.82 Å². The van der Waals surface area contributed by atoms with Crippen LogP contribution in [0.25, 0.3) is 5.69 Å². The van der Waals surface area contributed by atoms with Gasteiger partial charge in [-0.25, -0.2) is 0 Å². The maximum atomic E-state index is 12.5. The van der Waals surface area contributed by atoms with Crippen molar-refractivity contribution in [1.82, 2.24) is 9.88 Å². The lowest BCUT2D eigenvalue weighted by atomic mass is 10.1. The molecule has 0 aliphatic carbocycles. The molecule has 2 heterocycles. The number of imide groups is 1. The second-order valence-corrected chi connectivity index (χ2v) is 5.36. The number of nitrogens with one attached hydrogen (secondary N) is 1. The average Bonchev–Trinajstić information content (AvgIpc) is 2.87. The molecule has 5 N–H and O–H groups in total. The highest BCUT2D eigenvalue weighted by Crippen LogP contribution is 2.33. The van der Waals surface area contributed by atoms with Crippen LogP contribution in [0.4, 0.5) is 5.82 Å². The van der Waals surface area contributed by atoms with Crippen molar-refractivity contribution in [3.05, 3.63) is 45.2 Å². The van der Waals surface area contributed by atoms with Crippen molar-refractivity contribution in [1.29, 1.82) is 0 Å². The minimum Gasteiger partial charge on any atom is -0.493 e. The molecule has 3 rings (SSSR count). The van der Waals surface area contributed by atoms with Crippen LogP contribution in [-0.4, -0.2) is 36.5 Å². The average molecular weight is 358 g/mol. The lowest BCUT2D eigenvalue weighted by Gasteiger charge is -2.17. The zero-order valence-electron chi connectivity index (χ0n) is 13.8. The molecule has 134 valence electrons. The van der Waals surface area contributed by atoms with Gasteiger partial charge in [0.05, 0.1) is 36.6 Å². The largest absolute Gasteiger partial charge is 0.493 e. The van der Waals surface area contributed by atoms with E-state index in [1.54, 1.807) is 0 Å². The maximum absolute atomic E-state index is 12.5. The molecule has 10 heteroatoms. The van der Waals surface area contributed by atoms with Gasteiger partial charge in [0, 0.05) is 12.1 Å². The molecule has 0 spiro atoms. The predicted octanol–water partition coefficient (Wildman–Crippen LogP) is -0.581. The van der Waals surface area contributed by atoms with Gasteiger partial charge < -0.3 is 20.9 Å². The first-order valence-electron chi connectivity index (χ1n) is 7.27. The Balaban J connectivity index is 2.40. The van der Waals surface area contributed by atoms with Crippen LogP contribution in [0.1, 0.15) is 31.1 Å². The smallest absolute Gasteiger partial charge is 0.262 e. The van der Waals surface area contributed by atoms with Crippen molar-refractivity contribution < 1.29 is 23.9 Å². The fourth-order valence-electron chi connectivity index (χ4n) is 2.78. The van der Waals surface area contributed by atoms with Crippen LogP contribution in [-0.2, 0) is 0 Å². The summed E-state index contributed by atoms with van der Waals surface area (Å²) in [7, 11) is 2.74. The minimum absolute atomic E-state index is 0.00685. The van der Waals surface area contributed by atoms with Crippen LogP contribution < -0.4 is 31.8 Å². The first-order valence-corrected chi connectivity index (χ1v) is 7.27. The fourth-order valence-corrected chi connectivity index (χ4v) is 2.78. The molecule has 1 aliphatic rings. The van der Waals surface area contributed by atoms with Gasteiger partial charge in [-0.15, -0.1) is 0 Å². The molecule has 0 fully saturated rings. The SMILES string of the molecule is COc1cc(C(N)=O)c(-n2c(N)c3c(cc2=O)C(=O)NC3=O)cc1OC. The number of aromatic nitrogens is 1. The zero-order chi connectivity index (χ0) is 19.2. The molecule has 2 aromatic rings. The van der Waals surface area contributed by atoms with Crippen molar-refractivity contribution in [2.75, 3.05) is 20.0 Å². The highest BCUT2D eigenvalue weighted by atomic mass is 16.5. The molecule has 3 amide bonds. The maximum Gasteiger partial charge on any atom is 0.262 e. The molecule has 26 heavy (non-hydrogen) atoms. The third-order valence-corrected chi connectivity index (χ3v) is 3.96. The summed E-state index contributed by atoms with van der Waals surface area (Å²) in [5.74, 6) is -2.19. The summed E-state index contributed by atoms with van der Waals surface area (Å²) < 4.78 is 11.2. The Morgan fingerprint density at radius 3 is 2.23 bits per heavy atom. The number of anilines is 1. The van der Waals surface area contributed by atoms with E-state index in [2.05, 4.69) is 5.32 Å². The van der Waals surface area contributed by atoms with Crippen LogP contribution >= 0.6 is 0 Å². The van der Waals surface area contributed by atoms with Gasteiger partial charge in [-0.2, -0.15) is 0 Å². The van der Waals surface area contributed by atoms with Gasteiger partial charge in [0.25, 0.3) is 23.3 Å². The quantitative estimate of drug-likeness (QED) is 0.617. The summed E-state index contributed by atoms with van der Waals surface area (Å²) in [6, 6.07) is 3.59.